The van der Waals surface area contributed by atoms with Crippen molar-refractivity contribution in [1.29, 1.82) is 0 Å². The number of hydrogen-bond acceptors (Lipinski definition) is 3. The van der Waals surface area contributed by atoms with E-state index >= 15 is 0 Å². The van der Waals surface area contributed by atoms with E-state index in [0.29, 0.717) is 5.92 Å². The molecule has 0 aliphatic heterocycles. The number of ketones is 1. The molecule has 2 atom stereocenters. The molecule has 1 aliphatic rings. The molecule has 0 saturated heterocycles. The Kier molecular flexibility index (Phi) is 3.00. The van der Waals surface area contributed by atoms with Gasteiger partial charge in [0, 0.05) is 12.2 Å². The standard InChI is InChI=1S/C12H16N2O3/c1-7-3-4-9(5-7)14-11(16)10(8(2)15)6-13-12(14)17/h6-7,9H,3-5H2,1-2H3,(H,13,17). The first-order chi connectivity index (χ1) is 8.00. The van der Waals surface area contributed by atoms with Gasteiger partial charge >= 0.3 is 5.69 Å². The third kappa shape index (κ3) is 2.09. The third-order valence-electron chi connectivity index (χ3n) is 3.42. The van der Waals surface area contributed by atoms with E-state index in [1.54, 1.807) is 0 Å². The Labute approximate surface area is 98.5 Å². The van der Waals surface area contributed by atoms with Gasteiger partial charge in [-0.05, 0) is 32.1 Å². The van der Waals surface area contributed by atoms with E-state index in [1.807, 2.05) is 0 Å². The van der Waals surface area contributed by atoms with Gasteiger partial charge in [-0.2, -0.15) is 0 Å². The largest absolute Gasteiger partial charge is 0.328 e. The van der Waals surface area contributed by atoms with Crippen LogP contribution in [0.15, 0.2) is 15.8 Å². The topological polar surface area (TPSA) is 71.9 Å². The van der Waals surface area contributed by atoms with Crippen LogP contribution in [0.2, 0.25) is 0 Å². The van der Waals surface area contributed by atoms with Gasteiger partial charge in [0.15, 0.2) is 5.78 Å². The Morgan fingerprint density at radius 2 is 2.12 bits per heavy atom. The summed E-state index contributed by atoms with van der Waals surface area (Å²) in [5.41, 5.74) is -0.816. The number of Topliss-reactive ketones (excluding diaryl/α,β-unsaturated/α-hetero) is 1. The highest BCUT2D eigenvalue weighted by atomic mass is 16.2. The first-order valence-corrected chi connectivity index (χ1v) is 5.86. The van der Waals surface area contributed by atoms with Crippen LogP contribution in [0.4, 0.5) is 0 Å². The molecule has 1 saturated carbocycles. The van der Waals surface area contributed by atoms with E-state index in [2.05, 4.69) is 11.9 Å². The Bertz CT molecular complexity index is 556. The fourth-order valence-electron chi connectivity index (χ4n) is 2.48. The minimum Gasteiger partial charge on any atom is -0.313 e. The van der Waals surface area contributed by atoms with Crippen molar-refractivity contribution in [3.8, 4) is 0 Å². The lowest BCUT2D eigenvalue weighted by molar-refractivity contribution is 0.101. The predicted molar refractivity (Wildman–Crippen MR) is 63.4 cm³/mol. The maximum atomic E-state index is 12.0. The van der Waals surface area contributed by atoms with E-state index in [-0.39, 0.29) is 17.4 Å². The summed E-state index contributed by atoms with van der Waals surface area (Å²) < 4.78 is 1.21. The average Bonchev–Trinajstić information content (AvgIpc) is 2.64. The van der Waals surface area contributed by atoms with Crippen LogP contribution in [0.25, 0.3) is 0 Å². The van der Waals surface area contributed by atoms with Gasteiger partial charge in [-0.1, -0.05) is 6.92 Å². The van der Waals surface area contributed by atoms with Gasteiger partial charge < -0.3 is 4.98 Å². The summed E-state index contributed by atoms with van der Waals surface area (Å²) in [6.45, 7) is 3.44. The van der Waals surface area contributed by atoms with Gasteiger partial charge in [0.05, 0.1) is 5.56 Å². The average molecular weight is 236 g/mol. The molecule has 0 amide bonds. The zero-order valence-corrected chi connectivity index (χ0v) is 10.0. The Morgan fingerprint density at radius 1 is 1.41 bits per heavy atom. The van der Waals surface area contributed by atoms with Crippen LogP contribution in [0.5, 0.6) is 0 Å². The number of nitrogens with zero attached hydrogens (tertiary/aromatic N) is 1. The van der Waals surface area contributed by atoms with Crippen molar-refractivity contribution in [2.45, 2.75) is 39.2 Å². The molecule has 1 aromatic rings. The molecule has 2 rings (SSSR count). The SMILES string of the molecule is CC(=O)c1c[nH]c(=O)n(C2CCC(C)C2)c1=O. The summed E-state index contributed by atoms with van der Waals surface area (Å²) in [4.78, 5) is 37.5. The van der Waals surface area contributed by atoms with Crippen LogP contribution < -0.4 is 11.2 Å². The number of carbonyl (C=O) groups excluding carboxylic acids is 1. The van der Waals surface area contributed by atoms with Gasteiger partial charge in [0.25, 0.3) is 5.56 Å². The molecule has 0 radical (unpaired) electrons. The molecule has 2 unspecified atom stereocenters. The molecule has 0 spiro atoms. The van der Waals surface area contributed by atoms with Crippen LogP contribution in [0.3, 0.4) is 0 Å². The Morgan fingerprint density at radius 3 is 2.65 bits per heavy atom. The maximum Gasteiger partial charge on any atom is 0.328 e. The lowest BCUT2D eigenvalue weighted by Crippen LogP contribution is -2.39. The Balaban J connectivity index is 2.53. The van der Waals surface area contributed by atoms with Crippen molar-refractivity contribution in [1.82, 2.24) is 9.55 Å². The highest BCUT2D eigenvalue weighted by Gasteiger charge is 2.26. The summed E-state index contributed by atoms with van der Waals surface area (Å²) in [5, 5.41) is 0. The van der Waals surface area contributed by atoms with Crippen molar-refractivity contribution >= 4 is 5.78 Å². The van der Waals surface area contributed by atoms with Crippen LogP contribution in [0, 0.1) is 5.92 Å². The molecule has 1 aromatic heterocycles. The molecule has 17 heavy (non-hydrogen) atoms. The van der Waals surface area contributed by atoms with E-state index in [1.165, 1.54) is 17.7 Å². The minimum absolute atomic E-state index is 0.0594. The molecule has 0 aromatic carbocycles. The highest BCUT2D eigenvalue weighted by molar-refractivity contribution is 5.93. The number of rotatable bonds is 2. The molecular weight excluding hydrogens is 220 g/mol. The van der Waals surface area contributed by atoms with Crippen molar-refractivity contribution in [2.75, 3.05) is 0 Å². The summed E-state index contributed by atoms with van der Waals surface area (Å²) in [5.74, 6) is 0.207. The normalized spacial score (nSPS) is 23.9. The van der Waals surface area contributed by atoms with Gasteiger partial charge in [-0.25, -0.2) is 4.79 Å². The van der Waals surface area contributed by atoms with E-state index in [9.17, 15) is 14.4 Å². The third-order valence-corrected chi connectivity index (χ3v) is 3.42. The number of carbonyl (C=O) groups is 1. The maximum absolute atomic E-state index is 12.0. The number of hydrogen-bond donors (Lipinski definition) is 1. The molecule has 92 valence electrons. The molecule has 1 N–H and O–H groups in total. The van der Waals surface area contributed by atoms with Crippen LogP contribution in [0.1, 0.15) is 49.5 Å². The highest BCUT2D eigenvalue weighted by Crippen LogP contribution is 2.32. The van der Waals surface area contributed by atoms with Crippen LogP contribution in [-0.4, -0.2) is 15.3 Å². The molecule has 1 aliphatic carbocycles. The van der Waals surface area contributed by atoms with Gasteiger partial charge in [0.2, 0.25) is 0 Å². The lowest BCUT2D eigenvalue weighted by atomic mass is 10.1. The molecule has 1 heterocycles. The van der Waals surface area contributed by atoms with Gasteiger partial charge in [0.1, 0.15) is 0 Å². The van der Waals surface area contributed by atoms with Crippen molar-refractivity contribution in [2.24, 2.45) is 5.92 Å². The zero-order chi connectivity index (χ0) is 12.6. The summed E-state index contributed by atoms with van der Waals surface area (Å²) in [6, 6.07) is -0.0689. The minimum atomic E-state index is -0.458. The number of aromatic nitrogens is 2. The number of nitrogens with one attached hydrogen (secondary N) is 1. The van der Waals surface area contributed by atoms with E-state index in [4.69, 9.17) is 0 Å². The first-order valence-electron chi connectivity index (χ1n) is 5.86. The smallest absolute Gasteiger partial charge is 0.313 e. The van der Waals surface area contributed by atoms with E-state index < -0.39 is 11.2 Å². The number of H-pyrrole nitrogens is 1. The van der Waals surface area contributed by atoms with Crippen LogP contribution in [-0.2, 0) is 0 Å². The fraction of sp³-hybridized carbons (Fsp3) is 0.583. The van der Waals surface area contributed by atoms with Gasteiger partial charge in [-0.3, -0.25) is 14.2 Å². The zero-order valence-electron chi connectivity index (χ0n) is 10.0. The second kappa shape index (κ2) is 4.31. The summed E-state index contributed by atoms with van der Waals surface area (Å²) in [6.07, 6.45) is 3.87. The van der Waals surface area contributed by atoms with E-state index in [0.717, 1.165) is 19.3 Å². The second-order valence-corrected chi connectivity index (χ2v) is 4.81. The van der Waals surface area contributed by atoms with Crippen molar-refractivity contribution in [3.63, 3.8) is 0 Å². The van der Waals surface area contributed by atoms with Gasteiger partial charge in [-0.15, -0.1) is 0 Å². The molecule has 1 fully saturated rings. The first kappa shape index (κ1) is 11.8. The molecule has 5 heteroatoms. The monoisotopic (exact) mass is 236 g/mol. The second-order valence-electron chi connectivity index (χ2n) is 4.81. The summed E-state index contributed by atoms with van der Waals surface area (Å²) in [7, 11) is 0. The molecular formula is C12H16N2O3. The predicted octanol–water partition coefficient (Wildman–Crippen LogP) is 1.10. The van der Waals surface area contributed by atoms with Crippen molar-refractivity contribution in [3.05, 3.63) is 32.6 Å². The summed E-state index contributed by atoms with van der Waals surface area (Å²) >= 11 is 0. The number of aromatic amines is 1. The van der Waals surface area contributed by atoms with Crippen LogP contribution >= 0.6 is 0 Å². The Hall–Kier alpha value is -1.65. The van der Waals surface area contributed by atoms with Crippen molar-refractivity contribution < 1.29 is 4.79 Å². The fourth-order valence-corrected chi connectivity index (χ4v) is 2.48. The molecule has 0 bridgehead atoms. The lowest BCUT2D eigenvalue weighted by Gasteiger charge is -2.12. The molecule has 5 nitrogen and oxygen atoms in total. The quantitative estimate of drug-likeness (QED) is 0.781.